The first-order valence-electron chi connectivity index (χ1n) is 13.2. The molecule has 9 nitrogen and oxygen atoms in total. The molecule has 0 saturated heterocycles. The van der Waals surface area contributed by atoms with Crippen molar-refractivity contribution in [3.63, 3.8) is 0 Å². The molecule has 1 atom stereocenters. The predicted molar refractivity (Wildman–Crippen MR) is 142 cm³/mol. The topological polar surface area (TPSA) is 98.2 Å². The summed E-state index contributed by atoms with van der Waals surface area (Å²) in [4.78, 5) is 20.0. The van der Waals surface area contributed by atoms with Gasteiger partial charge in [0.1, 0.15) is 13.2 Å². The molecular formula is C27H32N6O3S. The molecule has 37 heavy (non-hydrogen) atoms. The van der Waals surface area contributed by atoms with Crippen LogP contribution in [0, 0.1) is 0 Å². The Kier molecular flexibility index (Phi) is 6.93. The molecule has 2 aliphatic rings. The number of H-pyrrole nitrogens is 1. The Bertz CT molecular complexity index is 1410. The zero-order valence-corrected chi connectivity index (χ0v) is 21.9. The van der Waals surface area contributed by atoms with Crippen molar-refractivity contribution in [2.75, 3.05) is 13.2 Å². The van der Waals surface area contributed by atoms with Gasteiger partial charge in [0, 0.05) is 35.0 Å². The van der Waals surface area contributed by atoms with Gasteiger partial charge in [-0.05, 0) is 53.3 Å². The van der Waals surface area contributed by atoms with Gasteiger partial charge in [0.15, 0.2) is 17.3 Å². The lowest BCUT2D eigenvalue weighted by molar-refractivity contribution is 0.154. The second-order valence-corrected chi connectivity index (χ2v) is 10.9. The van der Waals surface area contributed by atoms with E-state index in [1.165, 1.54) is 17.7 Å². The quantitative estimate of drug-likeness (QED) is 0.331. The molecule has 194 valence electrons. The number of fused-ring (bicyclic) bond motifs is 2. The van der Waals surface area contributed by atoms with Crippen molar-refractivity contribution < 1.29 is 9.47 Å². The second-order valence-electron chi connectivity index (χ2n) is 9.92. The molecule has 0 radical (unpaired) electrons. The molecule has 0 spiro atoms. The fourth-order valence-corrected chi connectivity index (χ4v) is 6.31. The summed E-state index contributed by atoms with van der Waals surface area (Å²) in [6.07, 6.45) is 6.55. The Balaban J connectivity index is 1.38. The predicted octanol–water partition coefficient (Wildman–Crippen LogP) is 5.01. The van der Waals surface area contributed by atoms with Crippen molar-refractivity contribution in [3.05, 3.63) is 62.3 Å². The molecule has 10 heteroatoms. The van der Waals surface area contributed by atoms with E-state index < -0.39 is 0 Å². The van der Waals surface area contributed by atoms with Gasteiger partial charge in [-0.15, -0.1) is 16.4 Å². The molecule has 1 fully saturated rings. The molecular weight excluding hydrogens is 488 g/mol. The number of hydrogen-bond acceptors (Lipinski definition) is 8. The summed E-state index contributed by atoms with van der Waals surface area (Å²) in [5.41, 5.74) is 1.37. The van der Waals surface area contributed by atoms with Crippen LogP contribution in [0.25, 0.3) is 10.9 Å². The average Bonchev–Trinajstić information content (AvgIpc) is 3.69. The maximum atomic E-state index is 13.3. The number of aromatic nitrogens is 5. The summed E-state index contributed by atoms with van der Waals surface area (Å²) in [5.74, 6) is 2.29. The lowest BCUT2D eigenvalue weighted by Gasteiger charge is -2.31. The maximum Gasteiger partial charge on any atom is 0.252 e. The number of thiophene rings is 1. The molecule has 1 aliphatic carbocycles. The number of benzene rings is 1. The number of nitrogens with one attached hydrogen (secondary N) is 1. The highest BCUT2D eigenvalue weighted by molar-refractivity contribution is 7.09. The van der Waals surface area contributed by atoms with E-state index in [-0.39, 0.29) is 11.6 Å². The molecule has 4 heterocycles. The molecule has 1 saturated carbocycles. The highest BCUT2D eigenvalue weighted by Crippen LogP contribution is 2.36. The van der Waals surface area contributed by atoms with Crippen LogP contribution >= 0.6 is 11.3 Å². The van der Waals surface area contributed by atoms with E-state index in [9.17, 15) is 4.79 Å². The summed E-state index contributed by atoms with van der Waals surface area (Å²) in [6, 6.07) is 10.4. The van der Waals surface area contributed by atoms with E-state index >= 15 is 0 Å². The van der Waals surface area contributed by atoms with Gasteiger partial charge in [0.05, 0.1) is 17.6 Å². The Morgan fingerprint density at radius 2 is 1.97 bits per heavy atom. The highest BCUT2D eigenvalue weighted by Gasteiger charge is 2.30. The number of aromatic amines is 1. The Morgan fingerprint density at radius 3 is 2.73 bits per heavy atom. The van der Waals surface area contributed by atoms with Crippen LogP contribution in [0.5, 0.6) is 11.5 Å². The van der Waals surface area contributed by atoms with E-state index in [1.54, 1.807) is 11.3 Å². The Labute approximate surface area is 219 Å². The molecule has 1 aliphatic heterocycles. The molecule has 1 unspecified atom stereocenters. The Morgan fingerprint density at radius 1 is 1.16 bits per heavy atom. The molecule has 4 aromatic rings. The fraction of sp³-hybridized carbons (Fsp3) is 0.481. The number of hydrogen-bond donors (Lipinski definition) is 1. The highest BCUT2D eigenvalue weighted by atomic mass is 32.1. The number of ether oxygens (including phenoxy) is 2. The van der Waals surface area contributed by atoms with Gasteiger partial charge in [-0.2, -0.15) is 0 Å². The van der Waals surface area contributed by atoms with Crippen LogP contribution in [-0.4, -0.2) is 43.3 Å². The van der Waals surface area contributed by atoms with Crippen molar-refractivity contribution in [3.8, 4) is 11.5 Å². The third kappa shape index (κ3) is 5.00. The van der Waals surface area contributed by atoms with Crippen LogP contribution in [0.4, 0.5) is 0 Å². The van der Waals surface area contributed by atoms with Gasteiger partial charge >= 0.3 is 0 Å². The minimum atomic E-state index is -0.0917. The van der Waals surface area contributed by atoms with E-state index in [0.29, 0.717) is 42.9 Å². The van der Waals surface area contributed by atoms with E-state index in [1.807, 2.05) is 18.2 Å². The summed E-state index contributed by atoms with van der Waals surface area (Å²) in [5, 5.41) is 16.1. The van der Waals surface area contributed by atoms with Gasteiger partial charge in [0.25, 0.3) is 5.56 Å². The molecule has 0 amide bonds. The molecule has 1 N–H and O–H groups in total. The van der Waals surface area contributed by atoms with Crippen molar-refractivity contribution >= 4 is 22.2 Å². The van der Waals surface area contributed by atoms with Crippen LogP contribution in [0.1, 0.15) is 73.8 Å². The van der Waals surface area contributed by atoms with Crippen molar-refractivity contribution in [1.82, 2.24) is 30.1 Å². The first kappa shape index (κ1) is 24.1. The number of tetrazole rings is 1. The summed E-state index contributed by atoms with van der Waals surface area (Å²) >= 11 is 1.73. The zero-order valence-electron chi connectivity index (χ0n) is 21.1. The van der Waals surface area contributed by atoms with Gasteiger partial charge in [-0.3, -0.25) is 9.69 Å². The second kappa shape index (κ2) is 10.6. The third-order valence-electron chi connectivity index (χ3n) is 7.39. The van der Waals surface area contributed by atoms with Crippen LogP contribution in [-0.2, 0) is 13.1 Å². The SMILES string of the molecule is CCCC(c1nnnn1C1CCCC1)N(Cc1cccs1)Cc1cc2cc3c(cc2[nH]c1=O)OCCO3. The number of rotatable bonds is 9. The zero-order chi connectivity index (χ0) is 25.2. The molecule has 1 aromatic carbocycles. The summed E-state index contributed by atoms with van der Waals surface area (Å²) < 4.78 is 13.5. The first-order valence-corrected chi connectivity index (χ1v) is 14.1. The minimum absolute atomic E-state index is 0.00179. The number of nitrogens with zero attached hydrogens (tertiary/aromatic N) is 5. The number of pyridine rings is 1. The van der Waals surface area contributed by atoms with E-state index in [2.05, 4.69) is 54.5 Å². The van der Waals surface area contributed by atoms with Crippen molar-refractivity contribution in [2.24, 2.45) is 0 Å². The molecule has 3 aromatic heterocycles. The van der Waals surface area contributed by atoms with Gasteiger partial charge in [0.2, 0.25) is 0 Å². The molecule has 6 rings (SSSR count). The lowest BCUT2D eigenvalue weighted by atomic mass is 10.1. The van der Waals surface area contributed by atoms with Gasteiger partial charge in [-0.1, -0.05) is 32.3 Å². The largest absolute Gasteiger partial charge is 0.486 e. The van der Waals surface area contributed by atoms with E-state index in [0.717, 1.165) is 49.0 Å². The standard InChI is InChI=1S/C27H32N6O3S/c1-2-6-23(26-29-30-31-33(26)20-7-3-4-8-20)32(17-21-9-5-12-37-21)16-19-13-18-14-24-25(36-11-10-35-24)15-22(18)28-27(19)34/h5,9,12-15,20,23H,2-4,6-8,10-11,16-17H2,1H3,(H,28,34). The lowest BCUT2D eigenvalue weighted by Crippen LogP contribution is -2.33. The third-order valence-corrected chi connectivity index (χ3v) is 8.25. The van der Waals surface area contributed by atoms with Gasteiger partial charge in [-0.25, -0.2) is 4.68 Å². The first-order chi connectivity index (χ1) is 18.2. The normalized spacial score (nSPS) is 16.6. The van der Waals surface area contributed by atoms with Crippen molar-refractivity contribution in [2.45, 2.75) is 70.6 Å². The monoisotopic (exact) mass is 520 g/mol. The van der Waals surface area contributed by atoms with Gasteiger partial charge < -0.3 is 14.5 Å². The maximum absolute atomic E-state index is 13.3. The van der Waals surface area contributed by atoms with Crippen molar-refractivity contribution in [1.29, 1.82) is 0 Å². The Hall–Kier alpha value is -3.24. The van der Waals surface area contributed by atoms with E-state index in [4.69, 9.17) is 9.47 Å². The minimum Gasteiger partial charge on any atom is -0.486 e. The van der Waals surface area contributed by atoms with Crippen LogP contribution < -0.4 is 15.0 Å². The summed E-state index contributed by atoms with van der Waals surface area (Å²) in [7, 11) is 0. The smallest absolute Gasteiger partial charge is 0.252 e. The summed E-state index contributed by atoms with van der Waals surface area (Å²) in [6.45, 7) is 4.43. The van der Waals surface area contributed by atoms with Crippen LogP contribution in [0.2, 0.25) is 0 Å². The van der Waals surface area contributed by atoms with Crippen LogP contribution in [0.3, 0.4) is 0 Å². The molecule has 0 bridgehead atoms. The fourth-order valence-electron chi connectivity index (χ4n) is 5.58. The average molecular weight is 521 g/mol. The van der Waals surface area contributed by atoms with Crippen LogP contribution in [0.15, 0.2) is 40.5 Å².